The van der Waals surface area contributed by atoms with E-state index in [2.05, 4.69) is 84.8 Å². The normalized spacial score (nSPS) is 34.1. The minimum absolute atomic E-state index is 0.600. The maximum absolute atomic E-state index is 4.50. The molecule has 8 unspecified atom stereocenters. The molecule has 2 N–H and O–H groups in total. The molecule has 8 atom stereocenters. The summed E-state index contributed by atoms with van der Waals surface area (Å²) in [5.74, 6) is 7.21. The van der Waals surface area contributed by atoms with Crippen LogP contribution in [0.5, 0.6) is 0 Å². The molecule has 2 nitrogen and oxygen atoms in total. The molecule has 0 amide bonds. The fraction of sp³-hybridized carbons (Fsp3) is 0.833. The van der Waals surface area contributed by atoms with E-state index in [-0.39, 0.29) is 0 Å². The minimum atomic E-state index is 0.600. The van der Waals surface area contributed by atoms with Crippen molar-refractivity contribution < 1.29 is 0 Å². The van der Waals surface area contributed by atoms with E-state index in [1.165, 1.54) is 58.8 Å². The van der Waals surface area contributed by atoms with Gasteiger partial charge in [-0.2, -0.15) is 0 Å². The zero-order chi connectivity index (χ0) is 29.9. The van der Waals surface area contributed by atoms with Gasteiger partial charge in [-0.25, -0.2) is 0 Å². The van der Waals surface area contributed by atoms with E-state index < -0.39 is 0 Å². The molecular formula is C36H70N2. The molecule has 0 aromatic carbocycles. The van der Waals surface area contributed by atoms with Crippen molar-refractivity contribution >= 4 is 0 Å². The van der Waals surface area contributed by atoms with E-state index in [1.807, 2.05) is 13.8 Å². The summed E-state index contributed by atoms with van der Waals surface area (Å²) in [6.45, 7) is 32.1. The van der Waals surface area contributed by atoms with Gasteiger partial charge in [0, 0.05) is 0 Å². The van der Waals surface area contributed by atoms with Gasteiger partial charge < -0.3 is 10.6 Å². The number of terminal acetylenes is 1. The molecule has 0 radical (unpaired) electrons. The topological polar surface area (TPSA) is 29.3 Å². The van der Waals surface area contributed by atoms with Crippen molar-refractivity contribution in [1.29, 1.82) is 0 Å². The molecular weight excluding hydrogens is 460 g/mol. The third-order valence-electron chi connectivity index (χ3n) is 10.5. The van der Waals surface area contributed by atoms with Crippen LogP contribution in [0, 0.1) is 59.7 Å². The van der Waals surface area contributed by atoms with Crippen LogP contribution in [0.2, 0.25) is 0 Å². The Bertz CT molecular complexity index is 600. The first kappa shape index (κ1) is 39.1. The molecule has 2 heteroatoms. The Hall–Kier alpha value is -1.04. The van der Waals surface area contributed by atoms with Crippen molar-refractivity contribution in [3.05, 3.63) is 25.3 Å². The molecule has 0 spiro atoms. The summed E-state index contributed by atoms with van der Waals surface area (Å²) >= 11 is 0. The SMILES string of the molecule is C#C.C=C.C=C(CC)C1CCC2C3CCC4CC(C)CCC4C3CCC12C.CC.CCN(CC)CC.CN. The maximum Gasteiger partial charge on any atom is -0.00474 e. The fourth-order valence-electron chi connectivity index (χ4n) is 8.68. The summed E-state index contributed by atoms with van der Waals surface area (Å²) in [6, 6.07) is 0. The number of nitrogens with zero attached hydrogens (tertiary/aromatic N) is 1. The van der Waals surface area contributed by atoms with Gasteiger partial charge in [-0.15, -0.1) is 26.0 Å². The summed E-state index contributed by atoms with van der Waals surface area (Å²) < 4.78 is 0. The smallest absolute Gasteiger partial charge is 0.00474 e. The van der Waals surface area contributed by atoms with Crippen molar-refractivity contribution in [2.45, 2.75) is 120 Å². The molecule has 0 heterocycles. The molecule has 4 aliphatic carbocycles. The molecule has 0 bridgehead atoms. The largest absolute Gasteiger partial charge is 0.333 e. The molecule has 0 aromatic heterocycles. The summed E-state index contributed by atoms with van der Waals surface area (Å²) in [5, 5.41) is 0. The molecule has 0 aromatic rings. The summed E-state index contributed by atoms with van der Waals surface area (Å²) in [6.07, 6.45) is 22.9. The highest BCUT2D eigenvalue weighted by Crippen LogP contribution is 2.65. The zero-order valence-corrected chi connectivity index (χ0v) is 27.5. The molecule has 224 valence electrons. The van der Waals surface area contributed by atoms with Gasteiger partial charge in [-0.3, -0.25) is 0 Å². The number of fused-ring (bicyclic) bond motifs is 5. The Labute approximate surface area is 241 Å². The van der Waals surface area contributed by atoms with Crippen LogP contribution in [0.15, 0.2) is 25.3 Å². The van der Waals surface area contributed by atoms with Gasteiger partial charge in [0.25, 0.3) is 0 Å². The maximum atomic E-state index is 4.50. The van der Waals surface area contributed by atoms with Crippen LogP contribution in [-0.2, 0) is 0 Å². The molecule has 4 saturated carbocycles. The van der Waals surface area contributed by atoms with Gasteiger partial charge in [-0.1, -0.05) is 74.0 Å². The van der Waals surface area contributed by atoms with Crippen LogP contribution >= 0.6 is 0 Å². The Kier molecular flexibility index (Phi) is 22.4. The van der Waals surface area contributed by atoms with Gasteiger partial charge in [0.05, 0.1) is 0 Å². The molecule has 0 aliphatic heterocycles. The summed E-state index contributed by atoms with van der Waals surface area (Å²) in [7, 11) is 1.50. The highest BCUT2D eigenvalue weighted by Gasteiger charge is 2.56. The van der Waals surface area contributed by atoms with Gasteiger partial charge in [0.1, 0.15) is 0 Å². The quantitative estimate of drug-likeness (QED) is 0.283. The lowest BCUT2D eigenvalue weighted by molar-refractivity contribution is -0.0635. The average molecular weight is 531 g/mol. The van der Waals surface area contributed by atoms with Crippen molar-refractivity contribution in [2.75, 3.05) is 26.7 Å². The molecule has 38 heavy (non-hydrogen) atoms. The monoisotopic (exact) mass is 531 g/mol. The Morgan fingerprint density at radius 1 is 0.816 bits per heavy atom. The van der Waals surface area contributed by atoms with E-state index in [9.17, 15) is 0 Å². The highest BCUT2D eigenvalue weighted by atomic mass is 15.1. The zero-order valence-electron chi connectivity index (χ0n) is 27.5. The lowest BCUT2D eigenvalue weighted by Gasteiger charge is -2.56. The van der Waals surface area contributed by atoms with E-state index in [1.54, 1.807) is 37.7 Å². The van der Waals surface area contributed by atoms with E-state index in [4.69, 9.17) is 0 Å². The first-order valence-corrected chi connectivity index (χ1v) is 16.2. The lowest BCUT2D eigenvalue weighted by atomic mass is 9.49. The second kappa shape index (κ2) is 21.7. The highest BCUT2D eigenvalue weighted by molar-refractivity contribution is 5.15. The predicted octanol–water partition coefficient (Wildman–Crippen LogP) is 9.86. The van der Waals surface area contributed by atoms with Crippen molar-refractivity contribution in [3.8, 4) is 12.8 Å². The van der Waals surface area contributed by atoms with E-state index in [0.717, 1.165) is 41.4 Å². The number of rotatable bonds is 5. The van der Waals surface area contributed by atoms with Gasteiger partial charge in [-0.05, 0) is 131 Å². The van der Waals surface area contributed by atoms with Crippen LogP contribution in [-0.4, -0.2) is 31.6 Å². The van der Waals surface area contributed by atoms with Crippen LogP contribution in [0.3, 0.4) is 0 Å². The van der Waals surface area contributed by atoms with Crippen molar-refractivity contribution in [2.24, 2.45) is 52.6 Å². The first-order valence-electron chi connectivity index (χ1n) is 16.2. The number of hydrogen-bond donors (Lipinski definition) is 1. The van der Waals surface area contributed by atoms with Crippen molar-refractivity contribution in [3.63, 3.8) is 0 Å². The number of nitrogens with two attached hydrogens (primary N) is 1. The van der Waals surface area contributed by atoms with Crippen molar-refractivity contribution in [1.82, 2.24) is 4.90 Å². The third kappa shape index (κ3) is 9.86. The Balaban J connectivity index is 0. The van der Waals surface area contributed by atoms with Gasteiger partial charge in [0.2, 0.25) is 0 Å². The number of hydrogen-bond acceptors (Lipinski definition) is 2. The van der Waals surface area contributed by atoms with Gasteiger partial charge >= 0.3 is 0 Å². The predicted molar refractivity (Wildman–Crippen MR) is 175 cm³/mol. The lowest BCUT2D eigenvalue weighted by Crippen LogP contribution is -2.48. The van der Waals surface area contributed by atoms with Crippen LogP contribution in [0.4, 0.5) is 0 Å². The second-order valence-corrected chi connectivity index (χ2v) is 11.7. The molecule has 4 aliphatic rings. The van der Waals surface area contributed by atoms with E-state index in [0.29, 0.717) is 5.41 Å². The standard InChI is InChI=1S/C23H38.C6H15N.C2H6.C2H4.C2H2.CH5N/c1-5-16(3)21-10-11-22-20-9-7-17-14-15(2)6-8-18(17)19(20)12-13-23(21,22)4;1-4-7(5-2)6-3;4*1-2/h15,17-22H,3,5-14H2,1-2,4H3;4-6H2,1-3H3;1-2H3;1-2H2;1-2H;2H2,1H3. The molecule has 0 saturated heterocycles. The van der Waals surface area contributed by atoms with Crippen LogP contribution in [0.25, 0.3) is 0 Å². The fourth-order valence-corrected chi connectivity index (χ4v) is 8.68. The third-order valence-corrected chi connectivity index (χ3v) is 10.5. The second-order valence-electron chi connectivity index (χ2n) is 11.7. The van der Waals surface area contributed by atoms with Gasteiger partial charge in [0.15, 0.2) is 0 Å². The molecule has 4 rings (SSSR count). The number of allylic oxidation sites excluding steroid dienone is 1. The summed E-state index contributed by atoms with van der Waals surface area (Å²) in [4.78, 5) is 2.38. The average Bonchev–Trinajstić information content (AvgIpc) is 3.35. The van der Waals surface area contributed by atoms with Crippen LogP contribution < -0.4 is 5.73 Å². The van der Waals surface area contributed by atoms with Crippen LogP contribution in [0.1, 0.15) is 120 Å². The molecule has 4 fully saturated rings. The summed E-state index contributed by atoms with van der Waals surface area (Å²) in [5.41, 5.74) is 6.66. The van der Waals surface area contributed by atoms with E-state index >= 15 is 0 Å². The first-order chi connectivity index (χ1) is 18.4. The minimum Gasteiger partial charge on any atom is -0.333 e. The Morgan fingerprint density at radius 2 is 1.34 bits per heavy atom. The Morgan fingerprint density at radius 3 is 1.82 bits per heavy atom.